The fourth-order valence-electron chi connectivity index (χ4n) is 9.59. The lowest BCUT2D eigenvalue weighted by Crippen LogP contribution is -2.63. The van der Waals surface area contributed by atoms with E-state index in [0.29, 0.717) is 20.0 Å². The second-order valence-corrected chi connectivity index (χ2v) is 16.0. The van der Waals surface area contributed by atoms with Gasteiger partial charge in [0.25, 0.3) is 0 Å². The molecule has 11 atom stereocenters. The molecule has 0 aliphatic heterocycles. The molecule has 32 heavy (non-hydrogen) atoms. The summed E-state index contributed by atoms with van der Waals surface area (Å²) in [6, 6.07) is 0. The fourth-order valence-corrected chi connectivity index (χ4v) is 12.0. The first-order chi connectivity index (χ1) is 15.0. The average molecular weight is 571 g/mol. The number of hydrogen-bond donors (Lipinski definition) is 0. The Bertz CT molecular complexity index is 699. The van der Waals surface area contributed by atoms with Gasteiger partial charge in [0.05, 0.1) is 0 Å². The van der Waals surface area contributed by atoms with Gasteiger partial charge in [0.1, 0.15) is 0 Å². The molecule has 184 valence electrons. The third-order valence-electron chi connectivity index (χ3n) is 11.7. The Balaban J connectivity index is 1.56. The highest BCUT2D eigenvalue weighted by Gasteiger charge is 2.66. The Morgan fingerprint density at radius 3 is 2.34 bits per heavy atom. The molecule has 2 heteroatoms. The van der Waals surface area contributed by atoms with Crippen LogP contribution in [-0.2, 0) is 0 Å². The minimum atomic E-state index is 0.298. The van der Waals surface area contributed by atoms with Crippen molar-refractivity contribution < 1.29 is 0 Å². The predicted molar refractivity (Wildman–Crippen MR) is 148 cm³/mol. The summed E-state index contributed by atoms with van der Waals surface area (Å²) in [4.78, 5) is 0.624. The van der Waals surface area contributed by atoms with E-state index in [1.54, 1.807) is 0 Å². The van der Waals surface area contributed by atoms with Crippen LogP contribution >= 0.6 is 31.9 Å². The fraction of sp³-hybridized carbons (Fsp3) is 0.933. The van der Waals surface area contributed by atoms with Crippen molar-refractivity contribution in [3.63, 3.8) is 0 Å². The summed E-state index contributed by atoms with van der Waals surface area (Å²) in [5, 5.41) is 0. The van der Waals surface area contributed by atoms with Crippen molar-refractivity contribution in [1.82, 2.24) is 0 Å². The molecule has 0 aromatic rings. The van der Waals surface area contributed by atoms with Crippen LogP contribution < -0.4 is 0 Å². The molecule has 0 amide bonds. The van der Waals surface area contributed by atoms with Crippen LogP contribution in [0.1, 0.15) is 106 Å². The molecule has 4 fully saturated rings. The first-order valence-corrected chi connectivity index (χ1v) is 15.7. The first kappa shape index (κ1) is 25.8. The number of rotatable bonds is 5. The van der Waals surface area contributed by atoms with Gasteiger partial charge in [0.15, 0.2) is 0 Å². The largest absolute Gasteiger partial charge is 0.0875 e. The highest BCUT2D eigenvalue weighted by molar-refractivity contribution is 9.12. The van der Waals surface area contributed by atoms with Crippen molar-refractivity contribution in [1.29, 1.82) is 0 Å². The minimum absolute atomic E-state index is 0.298. The molecule has 0 radical (unpaired) electrons. The van der Waals surface area contributed by atoms with Crippen LogP contribution in [0.5, 0.6) is 0 Å². The summed E-state index contributed by atoms with van der Waals surface area (Å²) in [7, 11) is 0. The van der Waals surface area contributed by atoms with Crippen molar-refractivity contribution in [2.24, 2.45) is 58.2 Å². The smallest absolute Gasteiger partial charge is 0.0441 e. The Hall–Kier alpha value is 0.700. The molecule has 0 N–H and O–H groups in total. The second kappa shape index (κ2) is 9.29. The Morgan fingerprint density at radius 1 is 0.969 bits per heavy atom. The van der Waals surface area contributed by atoms with Crippen LogP contribution in [0.15, 0.2) is 12.2 Å². The van der Waals surface area contributed by atoms with Crippen LogP contribution in [0, 0.1) is 58.2 Å². The monoisotopic (exact) mass is 568 g/mol. The molecule has 4 saturated carbocycles. The standard InChI is InChI=1S/C30H50Br2/c1-8-22(19(2)3)10-9-21(5)24-11-12-25-23-17-27(31)30(32)18-20(4)13-16-29(30,7)26(23)14-15-28(24,25)6/h9-10,19-27H,8,11-18H2,1-7H3/b10-9+/t20-,21+,22+,23?,24+,25?,26?,27+,28+,29+,30-/m0/s1. The van der Waals surface area contributed by atoms with Crippen LogP contribution in [0.25, 0.3) is 0 Å². The molecular weight excluding hydrogens is 520 g/mol. The molecule has 4 rings (SSSR count). The number of alkyl halides is 2. The average Bonchev–Trinajstić information content (AvgIpc) is 3.08. The van der Waals surface area contributed by atoms with Crippen LogP contribution in [0.4, 0.5) is 0 Å². The van der Waals surface area contributed by atoms with Crippen molar-refractivity contribution >= 4 is 31.9 Å². The summed E-state index contributed by atoms with van der Waals surface area (Å²) in [6.07, 6.45) is 17.9. The Labute approximate surface area is 216 Å². The van der Waals surface area contributed by atoms with E-state index in [4.69, 9.17) is 0 Å². The van der Waals surface area contributed by atoms with Gasteiger partial charge in [-0.3, -0.25) is 0 Å². The quantitative estimate of drug-likeness (QED) is 0.228. The third kappa shape index (κ3) is 3.96. The van der Waals surface area contributed by atoms with Gasteiger partial charge < -0.3 is 0 Å². The molecule has 3 unspecified atom stereocenters. The van der Waals surface area contributed by atoms with E-state index in [0.717, 1.165) is 47.3 Å². The molecule has 0 aromatic heterocycles. The molecule has 0 heterocycles. The van der Waals surface area contributed by atoms with Crippen LogP contribution in [0.2, 0.25) is 0 Å². The van der Waals surface area contributed by atoms with Crippen molar-refractivity contribution in [3.8, 4) is 0 Å². The van der Waals surface area contributed by atoms with Gasteiger partial charge >= 0.3 is 0 Å². The van der Waals surface area contributed by atoms with E-state index in [1.165, 1.54) is 57.8 Å². The minimum Gasteiger partial charge on any atom is -0.0875 e. The SMILES string of the molecule is CC[C@H](/C=C/[C@@H](C)[C@H]1CCC2C3C[C@@H](Br)[C@@]4(Br)C[C@@H](C)CC[C@]4(C)C3CC[C@@]21C)C(C)C. The lowest BCUT2D eigenvalue weighted by molar-refractivity contribution is -0.101. The number of allylic oxidation sites excluding steroid dienone is 2. The molecule has 4 aliphatic carbocycles. The second-order valence-electron chi connectivity index (χ2n) is 13.5. The summed E-state index contributed by atoms with van der Waals surface area (Å²) in [5.41, 5.74) is 0.995. The normalized spacial score (nSPS) is 50.7. The molecule has 0 bridgehead atoms. The van der Waals surface area contributed by atoms with Gasteiger partial charge in [-0.15, -0.1) is 0 Å². The highest BCUT2D eigenvalue weighted by Crippen LogP contribution is 2.72. The maximum Gasteiger partial charge on any atom is 0.0441 e. The van der Waals surface area contributed by atoms with E-state index in [1.807, 2.05) is 0 Å². The first-order valence-electron chi connectivity index (χ1n) is 14.0. The van der Waals surface area contributed by atoms with Crippen LogP contribution in [-0.4, -0.2) is 9.15 Å². The van der Waals surface area contributed by atoms with E-state index >= 15 is 0 Å². The highest BCUT2D eigenvalue weighted by atomic mass is 79.9. The van der Waals surface area contributed by atoms with Gasteiger partial charge in [0, 0.05) is 9.15 Å². The van der Waals surface area contributed by atoms with Gasteiger partial charge in [-0.2, -0.15) is 0 Å². The lowest BCUT2D eigenvalue weighted by Gasteiger charge is -2.66. The summed E-state index contributed by atoms with van der Waals surface area (Å²) < 4.78 is 0.298. The van der Waals surface area contributed by atoms with Crippen molar-refractivity contribution in [2.75, 3.05) is 0 Å². The summed E-state index contributed by atoms with van der Waals surface area (Å²) in [6.45, 7) is 17.5. The van der Waals surface area contributed by atoms with Gasteiger partial charge in [-0.25, -0.2) is 0 Å². The molecule has 0 saturated heterocycles. The molecule has 0 aromatic carbocycles. The zero-order valence-electron chi connectivity index (χ0n) is 22.0. The van der Waals surface area contributed by atoms with Crippen molar-refractivity contribution in [3.05, 3.63) is 12.2 Å². The van der Waals surface area contributed by atoms with Gasteiger partial charge in [-0.05, 0) is 110 Å². The summed E-state index contributed by atoms with van der Waals surface area (Å²) in [5.74, 6) is 6.71. The van der Waals surface area contributed by atoms with Crippen molar-refractivity contribution in [2.45, 2.75) is 115 Å². The van der Waals surface area contributed by atoms with Gasteiger partial charge in [-0.1, -0.05) is 98.9 Å². The predicted octanol–water partition coefficient (Wildman–Crippen LogP) is 10.0. The zero-order chi connectivity index (χ0) is 23.5. The third-order valence-corrected chi connectivity index (χ3v) is 15.2. The number of hydrogen-bond acceptors (Lipinski definition) is 0. The zero-order valence-corrected chi connectivity index (χ0v) is 25.1. The molecular formula is C30H50Br2. The Kier molecular flexibility index (Phi) is 7.49. The number of halogens is 2. The summed E-state index contributed by atoms with van der Waals surface area (Å²) >= 11 is 8.69. The van der Waals surface area contributed by atoms with E-state index < -0.39 is 0 Å². The maximum atomic E-state index is 4.41. The van der Waals surface area contributed by atoms with E-state index in [9.17, 15) is 0 Å². The van der Waals surface area contributed by atoms with E-state index in [2.05, 4.69) is 92.5 Å². The molecule has 4 aliphatic rings. The van der Waals surface area contributed by atoms with Crippen LogP contribution in [0.3, 0.4) is 0 Å². The molecule has 0 nitrogen and oxygen atoms in total. The maximum absolute atomic E-state index is 4.41. The van der Waals surface area contributed by atoms with Gasteiger partial charge in [0.2, 0.25) is 0 Å². The lowest BCUT2D eigenvalue weighted by atomic mass is 9.44. The topological polar surface area (TPSA) is 0 Å². The Morgan fingerprint density at radius 2 is 1.69 bits per heavy atom. The van der Waals surface area contributed by atoms with E-state index in [-0.39, 0.29) is 0 Å². The number of fused-ring (bicyclic) bond motifs is 5. The molecule has 0 spiro atoms.